The van der Waals surface area contributed by atoms with Crippen molar-refractivity contribution in [2.24, 2.45) is 5.92 Å². The van der Waals surface area contributed by atoms with Gasteiger partial charge < -0.3 is 15.1 Å². The lowest BCUT2D eigenvalue weighted by Crippen LogP contribution is -2.40. The number of likely N-dealkylation sites (tertiary alicyclic amines) is 1. The zero-order valence-electron chi connectivity index (χ0n) is 14.2. The van der Waals surface area contributed by atoms with Crippen LogP contribution < -0.4 is 5.32 Å². The number of benzene rings is 1. The molecular weight excluding hydrogens is 309 g/mol. The van der Waals surface area contributed by atoms with Crippen LogP contribution in [0.2, 0.25) is 0 Å². The maximum Gasteiger partial charge on any atom is 0.226 e. The molecule has 1 aromatic carbocycles. The predicted octanol–water partition coefficient (Wildman–Crippen LogP) is 1.34. The number of carbonyl (C=O) groups is 2. The summed E-state index contributed by atoms with van der Waals surface area (Å²) in [4.78, 5) is 28.4. The smallest absolute Gasteiger partial charge is 0.226 e. The van der Waals surface area contributed by atoms with Gasteiger partial charge in [0.15, 0.2) is 0 Å². The topological polar surface area (TPSA) is 52.6 Å². The molecule has 5 nitrogen and oxygen atoms in total. The number of carbonyl (C=O) groups excluding carboxylic acids is 2. The summed E-state index contributed by atoms with van der Waals surface area (Å²) >= 11 is 0. The van der Waals surface area contributed by atoms with Gasteiger partial charge in [0, 0.05) is 31.6 Å². The standard InChI is InChI=1S/C18H24FN3O2/c1-21(2)9-10-22-12-13(11-16(22)23)17(24)20-18(7-8-18)14-5-3-4-6-15(14)19/h3-6,13H,7-12H2,1-2H3,(H,20,24)/t13-/m0/s1. The highest BCUT2D eigenvalue weighted by Crippen LogP contribution is 2.46. The van der Waals surface area contributed by atoms with E-state index in [2.05, 4.69) is 5.32 Å². The van der Waals surface area contributed by atoms with Crippen molar-refractivity contribution in [2.75, 3.05) is 33.7 Å². The SMILES string of the molecule is CN(C)CCN1C[C@@H](C(=O)NC2(c3ccccc3F)CC2)CC1=O. The highest BCUT2D eigenvalue weighted by atomic mass is 19.1. The van der Waals surface area contributed by atoms with Crippen molar-refractivity contribution in [2.45, 2.75) is 24.8 Å². The van der Waals surface area contributed by atoms with Gasteiger partial charge in [-0.05, 0) is 33.0 Å². The number of amides is 2. The first-order valence-electron chi connectivity index (χ1n) is 8.41. The molecule has 24 heavy (non-hydrogen) atoms. The Morgan fingerprint density at radius 1 is 1.38 bits per heavy atom. The highest BCUT2D eigenvalue weighted by Gasteiger charge is 2.48. The van der Waals surface area contributed by atoms with Gasteiger partial charge in [-0.3, -0.25) is 9.59 Å². The van der Waals surface area contributed by atoms with Crippen molar-refractivity contribution in [1.29, 1.82) is 0 Å². The third kappa shape index (κ3) is 3.43. The predicted molar refractivity (Wildman–Crippen MR) is 88.7 cm³/mol. The fourth-order valence-electron chi connectivity index (χ4n) is 3.26. The minimum atomic E-state index is -0.581. The zero-order chi connectivity index (χ0) is 17.3. The molecule has 1 aliphatic carbocycles. The Balaban J connectivity index is 1.62. The Labute approximate surface area is 141 Å². The summed E-state index contributed by atoms with van der Waals surface area (Å²) in [6, 6.07) is 6.58. The summed E-state index contributed by atoms with van der Waals surface area (Å²) in [6.45, 7) is 1.86. The van der Waals surface area contributed by atoms with Gasteiger partial charge in [0.05, 0.1) is 11.5 Å². The van der Waals surface area contributed by atoms with Crippen LogP contribution in [0.4, 0.5) is 4.39 Å². The number of nitrogens with one attached hydrogen (secondary N) is 1. The van der Waals surface area contributed by atoms with Crippen LogP contribution in [0.5, 0.6) is 0 Å². The van der Waals surface area contributed by atoms with Gasteiger partial charge >= 0.3 is 0 Å². The second-order valence-corrected chi connectivity index (χ2v) is 7.10. The first-order chi connectivity index (χ1) is 11.4. The number of rotatable bonds is 6. The van der Waals surface area contributed by atoms with E-state index in [1.807, 2.05) is 19.0 Å². The molecule has 1 N–H and O–H groups in total. The number of hydrogen-bond donors (Lipinski definition) is 1. The lowest BCUT2D eigenvalue weighted by atomic mass is 10.0. The van der Waals surface area contributed by atoms with Crippen LogP contribution in [0.3, 0.4) is 0 Å². The molecule has 1 heterocycles. The fraction of sp³-hybridized carbons (Fsp3) is 0.556. The molecule has 1 saturated carbocycles. The van der Waals surface area contributed by atoms with Crippen LogP contribution >= 0.6 is 0 Å². The molecule has 2 amide bonds. The van der Waals surface area contributed by atoms with E-state index in [1.165, 1.54) is 6.07 Å². The van der Waals surface area contributed by atoms with E-state index in [4.69, 9.17) is 0 Å². The molecule has 130 valence electrons. The van der Waals surface area contributed by atoms with Gasteiger partial charge in [0.2, 0.25) is 11.8 Å². The monoisotopic (exact) mass is 333 g/mol. The molecule has 0 aromatic heterocycles. The second-order valence-electron chi connectivity index (χ2n) is 7.10. The molecule has 1 aromatic rings. The molecule has 3 rings (SSSR count). The van der Waals surface area contributed by atoms with Gasteiger partial charge in [0.25, 0.3) is 0 Å². The Morgan fingerprint density at radius 2 is 2.08 bits per heavy atom. The van der Waals surface area contributed by atoms with Crippen LogP contribution in [-0.2, 0) is 15.1 Å². The summed E-state index contributed by atoms with van der Waals surface area (Å²) in [5.41, 5.74) is -0.0325. The van der Waals surface area contributed by atoms with Crippen molar-refractivity contribution in [3.8, 4) is 0 Å². The summed E-state index contributed by atoms with van der Waals surface area (Å²) in [6.07, 6.45) is 1.72. The molecular formula is C18H24FN3O2. The number of likely N-dealkylation sites (N-methyl/N-ethyl adjacent to an activating group) is 1. The van der Waals surface area contributed by atoms with Crippen molar-refractivity contribution >= 4 is 11.8 Å². The Hall–Kier alpha value is -1.95. The average molecular weight is 333 g/mol. The molecule has 1 saturated heterocycles. The molecule has 1 aliphatic heterocycles. The quantitative estimate of drug-likeness (QED) is 0.855. The van der Waals surface area contributed by atoms with E-state index in [0.717, 1.165) is 19.4 Å². The highest BCUT2D eigenvalue weighted by molar-refractivity contribution is 5.89. The van der Waals surface area contributed by atoms with Crippen molar-refractivity contribution in [1.82, 2.24) is 15.1 Å². The van der Waals surface area contributed by atoms with Gasteiger partial charge in [-0.2, -0.15) is 0 Å². The van der Waals surface area contributed by atoms with Crippen LogP contribution in [0, 0.1) is 11.7 Å². The first kappa shape index (κ1) is 16.9. The Bertz CT molecular complexity index is 643. The second kappa shape index (κ2) is 6.51. The molecule has 1 atom stereocenters. The lowest BCUT2D eigenvalue weighted by molar-refractivity contribution is -0.129. The van der Waals surface area contributed by atoms with E-state index in [1.54, 1.807) is 23.1 Å². The minimum Gasteiger partial charge on any atom is -0.346 e. The molecule has 2 fully saturated rings. The summed E-state index contributed by atoms with van der Waals surface area (Å²) in [5, 5.41) is 3.00. The first-order valence-corrected chi connectivity index (χ1v) is 8.41. The molecule has 0 spiro atoms. The van der Waals surface area contributed by atoms with Crippen molar-refractivity contribution in [3.05, 3.63) is 35.6 Å². The Morgan fingerprint density at radius 3 is 2.71 bits per heavy atom. The maximum absolute atomic E-state index is 14.0. The lowest BCUT2D eigenvalue weighted by Gasteiger charge is -2.22. The molecule has 2 aliphatic rings. The van der Waals surface area contributed by atoms with E-state index in [0.29, 0.717) is 18.7 Å². The van der Waals surface area contributed by atoms with Gasteiger partial charge in [0.1, 0.15) is 5.82 Å². The molecule has 0 radical (unpaired) electrons. The van der Waals surface area contributed by atoms with Gasteiger partial charge in [-0.25, -0.2) is 4.39 Å². The van der Waals surface area contributed by atoms with Crippen LogP contribution in [0.25, 0.3) is 0 Å². The van der Waals surface area contributed by atoms with E-state index in [-0.39, 0.29) is 30.0 Å². The summed E-state index contributed by atoms with van der Waals surface area (Å²) in [7, 11) is 3.91. The number of halogens is 1. The third-order valence-corrected chi connectivity index (χ3v) is 4.90. The minimum absolute atomic E-state index is 0.0211. The van der Waals surface area contributed by atoms with Crippen molar-refractivity contribution < 1.29 is 14.0 Å². The number of hydrogen-bond acceptors (Lipinski definition) is 3. The average Bonchev–Trinajstić information content (AvgIpc) is 3.20. The third-order valence-electron chi connectivity index (χ3n) is 4.90. The molecule has 6 heteroatoms. The van der Waals surface area contributed by atoms with Crippen molar-refractivity contribution in [3.63, 3.8) is 0 Å². The van der Waals surface area contributed by atoms with Crippen LogP contribution in [0.15, 0.2) is 24.3 Å². The van der Waals surface area contributed by atoms with Crippen LogP contribution in [0.1, 0.15) is 24.8 Å². The molecule has 0 bridgehead atoms. The Kier molecular flexibility index (Phi) is 4.58. The largest absolute Gasteiger partial charge is 0.346 e. The summed E-state index contributed by atoms with van der Waals surface area (Å²) in [5.74, 6) is -0.751. The summed E-state index contributed by atoms with van der Waals surface area (Å²) < 4.78 is 14.0. The maximum atomic E-state index is 14.0. The van der Waals surface area contributed by atoms with Gasteiger partial charge in [-0.15, -0.1) is 0 Å². The normalized spacial score (nSPS) is 22.1. The van der Waals surface area contributed by atoms with E-state index in [9.17, 15) is 14.0 Å². The van der Waals surface area contributed by atoms with E-state index < -0.39 is 5.54 Å². The van der Waals surface area contributed by atoms with Crippen LogP contribution in [-0.4, -0.2) is 55.3 Å². The molecule has 0 unspecified atom stereocenters. The zero-order valence-corrected chi connectivity index (χ0v) is 14.2. The fourth-order valence-corrected chi connectivity index (χ4v) is 3.26. The van der Waals surface area contributed by atoms with E-state index >= 15 is 0 Å². The van der Waals surface area contributed by atoms with Gasteiger partial charge in [-0.1, -0.05) is 18.2 Å². The number of nitrogens with zero attached hydrogens (tertiary/aromatic N) is 2.